The maximum Gasteiger partial charge on any atom is 0.453 e. The van der Waals surface area contributed by atoms with E-state index in [1.807, 2.05) is 0 Å². The maximum atomic E-state index is 13.8. The number of ether oxygens (including phenoxy) is 3. The number of esters is 2. The second kappa shape index (κ2) is 10.5. The van der Waals surface area contributed by atoms with Gasteiger partial charge in [-0.2, -0.15) is 13.2 Å². The third-order valence-corrected chi connectivity index (χ3v) is 5.66. The highest BCUT2D eigenvalue weighted by atomic mass is 79.9. The number of carbonyl (C=O) groups is 2. The molecule has 0 aliphatic rings. The first-order valence-electron chi connectivity index (χ1n) is 10.7. The van der Waals surface area contributed by atoms with Crippen molar-refractivity contribution in [3.63, 3.8) is 0 Å². The third kappa shape index (κ3) is 5.67. The van der Waals surface area contributed by atoms with E-state index in [4.69, 9.17) is 18.6 Å². The van der Waals surface area contributed by atoms with Gasteiger partial charge in [0.05, 0.1) is 23.1 Å². The van der Waals surface area contributed by atoms with Crippen molar-refractivity contribution in [2.24, 2.45) is 0 Å². The van der Waals surface area contributed by atoms with Gasteiger partial charge in [-0.3, -0.25) is 4.79 Å². The SMILES string of the molecule is CCOC(=O)c1ccc(Oc2c(C(F)(F)F)oc3cc(OC(=O)c4ccccc4Br)ccc3c2=O)cc1. The molecule has 0 saturated carbocycles. The van der Waals surface area contributed by atoms with E-state index in [0.717, 1.165) is 6.07 Å². The Bertz CT molecular complexity index is 1540. The molecule has 0 aliphatic heterocycles. The molecule has 11 heteroatoms. The van der Waals surface area contributed by atoms with Crippen molar-refractivity contribution in [1.82, 2.24) is 0 Å². The van der Waals surface area contributed by atoms with E-state index in [2.05, 4.69) is 15.9 Å². The zero-order chi connectivity index (χ0) is 26.7. The number of benzene rings is 3. The Morgan fingerprint density at radius 3 is 2.27 bits per heavy atom. The van der Waals surface area contributed by atoms with Gasteiger partial charge in [0.1, 0.15) is 17.1 Å². The van der Waals surface area contributed by atoms with E-state index in [9.17, 15) is 27.6 Å². The fourth-order valence-electron chi connectivity index (χ4n) is 3.28. The van der Waals surface area contributed by atoms with Crippen molar-refractivity contribution < 1.29 is 41.4 Å². The predicted molar refractivity (Wildman–Crippen MR) is 129 cm³/mol. The molecule has 0 unspecified atom stereocenters. The smallest absolute Gasteiger partial charge is 0.453 e. The van der Waals surface area contributed by atoms with Crippen molar-refractivity contribution in [3.8, 4) is 17.2 Å². The van der Waals surface area contributed by atoms with Crippen molar-refractivity contribution in [3.05, 3.63) is 98.3 Å². The molecule has 1 heterocycles. The van der Waals surface area contributed by atoms with Gasteiger partial charge >= 0.3 is 18.1 Å². The van der Waals surface area contributed by atoms with Gasteiger partial charge in [-0.25, -0.2) is 9.59 Å². The zero-order valence-electron chi connectivity index (χ0n) is 18.9. The van der Waals surface area contributed by atoms with Crippen molar-refractivity contribution in [1.29, 1.82) is 0 Å². The summed E-state index contributed by atoms with van der Waals surface area (Å²) in [5, 5.41) is -0.230. The van der Waals surface area contributed by atoms with Crippen LogP contribution in [0.4, 0.5) is 13.2 Å². The zero-order valence-corrected chi connectivity index (χ0v) is 20.5. The van der Waals surface area contributed by atoms with E-state index in [0.29, 0.717) is 4.47 Å². The lowest BCUT2D eigenvalue weighted by Gasteiger charge is -2.14. The molecule has 4 aromatic rings. The minimum absolute atomic E-state index is 0.132. The van der Waals surface area contributed by atoms with Crippen LogP contribution in [0.2, 0.25) is 0 Å². The second-order valence-electron chi connectivity index (χ2n) is 7.46. The first-order chi connectivity index (χ1) is 17.6. The molecule has 37 heavy (non-hydrogen) atoms. The second-order valence-corrected chi connectivity index (χ2v) is 8.32. The van der Waals surface area contributed by atoms with Gasteiger partial charge in [0, 0.05) is 10.5 Å². The Morgan fingerprint density at radius 2 is 1.62 bits per heavy atom. The van der Waals surface area contributed by atoms with Crippen LogP contribution in [0.5, 0.6) is 17.2 Å². The predicted octanol–water partition coefficient (Wildman–Crippen LogP) is 6.76. The molecule has 0 bridgehead atoms. The van der Waals surface area contributed by atoms with E-state index in [-0.39, 0.29) is 34.6 Å². The summed E-state index contributed by atoms with van der Waals surface area (Å²) in [4.78, 5) is 37.2. The highest BCUT2D eigenvalue weighted by molar-refractivity contribution is 9.10. The molecule has 4 rings (SSSR count). The number of hydrogen-bond acceptors (Lipinski definition) is 7. The largest absolute Gasteiger partial charge is 0.462 e. The molecule has 0 spiro atoms. The van der Waals surface area contributed by atoms with E-state index in [1.54, 1.807) is 25.1 Å². The summed E-state index contributed by atoms with van der Waals surface area (Å²) in [6, 6.07) is 14.9. The highest BCUT2D eigenvalue weighted by Gasteiger charge is 2.40. The molecule has 0 fully saturated rings. The average molecular weight is 577 g/mol. The van der Waals surface area contributed by atoms with Crippen molar-refractivity contribution >= 4 is 38.8 Å². The van der Waals surface area contributed by atoms with Gasteiger partial charge in [-0.05, 0) is 71.4 Å². The van der Waals surface area contributed by atoms with Crippen LogP contribution in [0.3, 0.4) is 0 Å². The molecule has 0 radical (unpaired) electrons. The lowest BCUT2D eigenvalue weighted by Crippen LogP contribution is -2.16. The number of hydrogen-bond donors (Lipinski definition) is 0. The fourth-order valence-corrected chi connectivity index (χ4v) is 3.73. The minimum Gasteiger partial charge on any atom is -0.462 e. The molecular weight excluding hydrogens is 561 g/mol. The lowest BCUT2D eigenvalue weighted by atomic mass is 10.2. The van der Waals surface area contributed by atoms with Crippen LogP contribution in [0.25, 0.3) is 11.0 Å². The summed E-state index contributed by atoms with van der Waals surface area (Å²) in [6.07, 6.45) is -5.09. The molecule has 1 aromatic heterocycles. The summed E-state index contributed by atoms with van der Waals surface area (Å²) in [5.74, 6) is -4.41. The molecule has 0 amide bonds. The Kier molecular flexibility index (Phi) is 7.35. The van der Waals surface area contributed by atoms with Crippen molar-refractivity contribution in [2.75, 3.05) is 6.61 Å². The highest BCUT2D eigenvalue weighted by Crippen LogP contribution is 2.38. The molecule has 0 saturated heterocycles. The van der Waals surface area contributed by atoms with E-state index >= 15 is 0 Å². The summed E-state index contributed by atoms with van der Waals surface area (Å²) in [6.45, 7) is 1.77. The number of alkyl halides is 3. The summed E-state index contributed by atoms with van der Waals surface area (Å²) in [7, 11) is 0. The van der Waals surface area contributed by atoms with Gasteiger partial charge in [-0.1, -0.05) is 12.1 Å². The van der Waals surface area contributed by atoms with Gasteiger partial charge < -0.3 is 18.6 Å². The van der Waals surface area contributed by atoms with Gasteiger partial charge in [0.2, 0.25) is 11.2 Å². The van der Waals surface area contributed by atoms with Crippen LogP contribution in [0, 0.1) is 0 Å². The Morgan fingerprint density at radius 1 is 0.946 bits per heavy atom. The first-order valence-corrected chi connectivity index (χ1v) is 11.5. The quantitative estimate of drug-likeness (QED) is 0.185. The number of carbonyl (C=O) groups excluding carboxylic acids is 2. The Hall–Kier alpha value is -4.12. The standard InChI is InChI=1S/C26H16BrF3O7/c1-2-34-24(32)14-7-9-15(10-8-14)35-22-21(31)18-12-11-16(13-20(18)37-23(22)26(28,29)30)36-25(33)17-5-3-4-6-19(17)27/h3-13H,2H2,1H3. The maximum absolute atomic E-state index is 13.8. The van der Waals surface area contributed by atoms with Crippen LogP contribution in [-0.4, -0.2) is 18.5 Å². The molecule has 0 atom stereocenters. The molecule has 3 aromatic carbocycles. The van der Waals surface area contributed by atoms with E-state index in [1.165, 1.54) is 42.5 Å². The molecule has 7 nitrogen and oxygen atoms in total. The number of halogens is 4. The summed E-state index contributed by atoms with van der Waals surface area (Å²) >= 11 is 3.22. The van der Waals surface area contributed by atoms with Crippen LogP contribution in [-0.2, 0) is 10.9 Å². The first kappa shape index (κ1) is 26.0. The van der Waals surface area contributed by atoms with E-state index < -0.39 is 40.6 Å². The summed E-state index contributed by atoms with van der Waals surface area (Å²) < 4.78 is 62.3. The number of rotatable bonds is 6. The van der Waals surface area contributed by atoms with Gasteiger partial charge in [0.15, 0.2) is 0 Å². The van der Waals surface area contributed by atoms with Crippen LogP contribution in [0.1, 0.15) is 33.4 Å². The Labute approximate surface area is 215 Å². The summed E-state index contributed by atoms with van der Waals surface area (Å²) in [5.41, 5.74) is -1.20. The molecule has 0 N–H and O–H groups in total. The van der Waals surface area contributed by atoms with Crippen molar-refractivity contribution in [2.45, 2.75) is 13.1 Å². The topological polar surface area (TPSA) is 92.0 Å². The van der Waals surface area contributed by atoms with Crippen LogP contribution < -0.4 is 14.9 Å². The molecular formula is C26H16BrF3O7. The monoisotopic (exact) mass is 576 g/mol. The van der Waals surface area contributed by atoms with Crippen LogP contribution >= 0.6 is 15.9 Å². The lowest BCUT2D eigenvalue weighted by molar-refractivity contribution is -0.154. The third-order valence-electron chi connectivity index (χ3n) is 4.97. The van der Waals surface area contributed by atoms with Gasteiger partial charge in [-0.15, -0.1) is 0 Å². The molecule has 190 valence electrons. The fraction of sp³-hybridized carbons (Fsp3) is 0.115. The van der Waals surface area contributed by atoms with Crippen LogP contribution in [0.15, 0.2) is 80.4 Å². The van der Waals surface area contributed by atoms with Gasteiger partial charge in [0.25, 0.3) is 5.76 Å². The molecule has 0 aliphatic carbocycles. The number of fused-ring (bicyclic) bond motifs is 1. The minimum atomic E-state index is -5.09. The normalized spacial score (nSPS) is 11.3. The Balaban J connectivity index is 1.70. The average Bonchev–Trinajstić information content (AvgIpc) is 2.85.